The molecule has 4 nitrogen and oxygen atoms in total. The lowest BCUT2D eigenvalue weighted by atomic mass is 9.75. The Balaban J connectivity index is 1.64. The summed E-state index contributed by atoms with van der Waals surface area (Å²) in [4.78, 5) is 2.57. The zero-order valence-electron chi connectivity index (χ0n) is 12.5. The van der Waals surface area contributed by atoms with Crippen LogP contribution in [0.4, 0.5) is 0 Å². The highest BCUT2D eigenvalue weighted by molar-refractivity contribution is 5.97. The molecule has 1 aliphatic heterocycles. The molecule has 0 spiro atoms. The quantitative estimate of drug-likeness (QED) is 0.389. The van der Waals surface area contributed by atoms with Crippen LogP contribution in [-0.4, -0.2) is 29.0 Å². The molecular formula is C17H25N3O. The summed E-state index contributed by atoms with van der Waals surface area (Å²) in [6, 6.07) is 8.02. The Labute approximate surface area is 126 Å². The summed E-state index contributed by atoms with van der Waals surface area (Å²) >= 11 is 0. The van der Waals surface area contributed by atoms with E-state index in [4.69, 9.17) is 10.9 Å². The number of amidine groups is 1. The minimum absolute atomic E-state index is 0.183. The maximum absolute atomic E-state index is 8.78. The molecule has 1 aromatic carbocycles. The van der Waals surface area contributed by atoms with Crippen molar-refractivity contribution in [2.75, 3.05) is 13.1 Å². The average Bonchev–Trinajstić information content (AvgIpc) is 2.54. The van der Waals surface area contributed by atoms with Crippen LogP contribution in [0.5, 0.6) is 0 Å². The second kappa shape index (κ2) is 6.48. The summed E-state index contributed by atoms with van der Waals surface area (Å²) in [6.07, 6.45) is 7.05. The Morgan fingerprint density at radius 3 is 2.86 bits per heavy atom. The van der Waals surface area contributed by atoms with E-state index in [1.54, 1.807) is 0 Å². The molecule has 3 rings (SSSR count). The zero-order chi connectivity index (χ0) is 14.7. The largest absolute Gasteiger partial charge is 0.409 e. The zero-order valence-corrected chi connectivity index (χ0v) is 12.5. The summed E-state index contributed by atoms with van der Waals surface area (Å²) in [5.74, 6) is 2.06. The van der Waals surface area contributed by atoms with Gasteiger partial charge in [-0.25, -0.2) is 0 Å². The van der Waals surface area contributed by atoms with Gasteiger partial charge in [-0.3, -0.25) is 4.90 Å². The van der Waals surface area contributed by atoms with E-state index in [-0.39, 0.29) is 5.84 Å². The van der Waals surface area contributed by atoms with E-state index in [1.807, 2.05) is 18.2 Å². The first-order valence-corrected chi connectivity index (χ1v) is 8.05. The lowest BCUT2D eigenvalue weighted by Gasteiger charge is -2.41. The van der Waals surface area contributed by atoms with Crippen LogP contribution in [0.3, 0.4) is 0 Å². The molecule has 4 heteroatoms. The Morgan fingerprint density at radius 1 is 1.24 bits per heavy atom. The lowest BCUT2D eigenvalue weighted by molar-refractivity contribution is 0.0820. The van der Waals surface area contributed by atoms with Crippen LogP contribution in [0.25, 0.3) is 0 Å². The van der Waals surface area contributed by atoms with Crippen molar-refractivity contribution in [2.45, 2.75) is 38.6 Å². The van der Waals surface area contributed by atoms with Crippen molar-refractivity contribution in [1.29, 1.82) is 0 Å². The minimum Gasteiger partial charge on any atom is -0.409 e. The third-order valence-corrected chi connectivity index (χ3v) is 5.11. The van der Waals surface area contributed by atoms with Crippen LogP contribution >= 0.6 is 0 Å². The summed E-state index contributed by atoms with van der Waals surface area (Å²) < 4.78 is 0. The molecule has 2 fully saturated rings. The molecule has 0 amide bonds. The Kier molecular flexibility index (Phi) is 4.44. The minimum atomic E-state index is 0.183. The predicted octanol–water partition coefficient (Wildman–Crippen LogP) is 2.79. The van der Waals surface area contributed by atoms with Crippen molar-refractivity contribution in [3.63, 3.8) is 0 Å². The molecule has 2 aliphatic rings. The average molecular weight is 287 g/mol. The van der Waals surface area contributed by atoms with E-state index < -0.39 is 0 Å². The van der Waals surface area contributed by atoms with Gasteiger partial charge in [-0.05, 0) is 42.9 Å². The van der Waals surface area contributed by atoms with Crippen LogP contribution in [-0.2, 0) is 6.54 Å². The van der Waals surface area contributed by atoms with Gasteiger partial charge in [0, 0.05) is 18.7 Å². The molecular weight excluding hydrogens is 262 g/mol. The van der Waals surface area contributed by atoms with Gasteiger partial charge in [0.05, 0.1) is 0 Å². The van der Waals surface area contributed by atoms with Gasteiger partial charge >= 0.3 is 0 Å². The van der Waals surface area contributed by atoms with Crippen molar-refractivity contribution < 1.29 is 5.21 Å². The van der Waals surface area contributed by atoms with Crippen LogP contribution in [0.15, 0.2) is 29.4 Å². The Morgan fingerprint density at radius 2 is 2.05 bits per heavy atom. The number of rotatable bonds is 3. The van der Waals surface area contributed by atoms with E-state index in [1.165, 1.54) is 50.8 Å². The number of piperidine rings is 1. The first-order valence-electron chi connectivity index (χ1n) is 8.05. The van der Waals surface area contributed by atoms with Gasteiger partial charge in [-0.1, -0.05) is 42.6 Å². The van der Waals surface area contributed by atoms with Crippen LogP contribution in [0.2, 0.25) is 0 Å². The van der Waals surface area contributed by atoms with Gasteiger partial charge < -0.3 is 10.9 Å². The Hall–Kier alpha value is -1.55. The normalized spacial score (nSPS) is 27.3. The highest BCUT2D eigenvalue weighted by Crippen LogP contribution is 2.36. The first kappa shape index (κ1) is 14.4. The lowest BCUT2D eigenvalue weighted by Crippen LogP contribution is -2.41. The number of fused-ring (bicyclic) bond motifs is 1. The molecule has 0 bridgehead atoms. The standard InChI is InChI=1S/C17H25N3O/c18-17(19-21)15-7-3-4-13(10-15)11-20-9-8-14-5-1-2-6-16(14)12-20/h3-4,7,10,14,16,21H,1-2,5-6,8-9,11-12H2,(H2,18,19). The molecule has 1 aliphatic carbocycles. The van der Waals surface area contributed by atoms with Crippen molar-refractivity contribution in [3.05, 3.63) is 35.4 Å². The van der Waals surface area contributed by atoms with E-state index in [2.05, 4.69) is 16.1 Å². The van der Waals surface area contributed by atoms with E-state index >= 15 is 0 Å². The summed E-state index contributed by atoms with van der Waals surface area (Å²) in [6.45, 7) is 3.41. The van der Waals surface area contributed by atoms with E-state index in [0.29, 0.717) is 0 Å². The van der Waals surface area contributed by atoms with Gasteiger partial charge in [0.2, 0.25) is 0 Å². The number of oxime groups is 1. The van der Waals surface area contributed by atoms with Gasteiger partial charge in [-0.2, -0.15) is 0 Å². The monoisotopic (exact) mass is 287 g/mol. The molecule has 1 aromatic rings. The highest BCUT2D eigenvalue weighted by atomic mass is 16.4. The number of hydrogen-bond donors (Lipinski definition) is 2. The predicted molar refractivity (Wildman–Crippen MR) is 84.3 cm³/mol. The van der Waals surface area contributed by atoms with Gasteiger partial charge in [0.25, 0.3) is 0 Å². The summed E-state index contributed by atoms with van der Waals surface area (Å²) in [7, 11) is 0. The number of nitrogens with zero attached hydrogens (tertiary/aromatic N) is 2. The molecule has 1 heterocycles. The molecule has 0 aromatic heterocycles. The van der Waals surface area contributed by atoms with Crippen molar-refractivity contribution in [2.24, 2.45) is 22.7 Å². The summed E-state index contributed by atoms with van der Waals surface area (Å²) in [5.41, 5.74) is 7.71. The fourth-order valence-corrected chi connectivity index (χ4v) is 3.96. The van der Waals surface area contributed by atoms with Gasteiger partial charge in [0.15, 0.2) is 5.84 Å². The number of benzene rings is 1. The first-order chi connectivity index (χ1) is 10.3. The third-order valence-electron chi connectivity index (χ3n) is 5.11. The van der Waals surface area contributed by atoms with Crippen LogP contribution < -0.4 is 5.73 Å². The van der Waals surface area contributed by atoms with Crippen molar-refractivity contribution >= 4 is 5.84 Å². The van der Waals surface area contributed by atoms with E-state index in [9.17, 15) is 0 Å². The van der Waals surface area contributed by atoms with Gasteiger partial charge in [0.1, 0.15) is 0 Å². The molecule has 3 N–H and O–H groups in total. The van der Waals surface area contributed by atoms with Crippen molar-refractivity contribution in [1.82, 2.24) is 4.90 Å². The molecule has 2 unspecified atom stereocenters. The molecule has 1 saturated carbocycles. The van der Waals surface area contributed by atoms with Crippen molar-refractivity contribution in [3.8, 4) is 0 Å². The second-order valence-corrected chi connectivity index (χ2v) is 6.51. The molecule has 2 atom stereocenters. The number of likely N-dealkylation sites (tertiary alicyclic amines) is 1. The number of hydrogen-bond acceptors (Lipinski definition) is 3. The maximum atomic E-state index is 8.78. The smallest absolute Gasteiger partial charge is 0.170 e. The fourth-order valence-electron chi connectivity index (χ4n) is 3.96. The second-order valence-electron chi connectivity index (χ2n) is 6.51. The summed E-state index contributed by atoms with van der Waals surface area (Å²) in [5, 5.41) is 11.9. The van der Waals surface area contributed by atoms with Crippen LogP contribution in [0.1, 0.15) is 43.2 Å². The van der Waals surface area contributed by atoms with Crippen LogP contribution in [0, 0.1) is 11.8 Å². The fraction of sp³-hybridized carbons (Fsp3) is 0.588. The topological polar surface area (TPSA) is 61.9 Å². The Bertz CT molecular complexity index is 515. The molecule has 0 radical (unpaired) electrons. The SMILES string of the molecule is N/C(=N\O)c1cccc(CN2CCC3CCCCC3C2)c1. The molecule has 1 saturated heterocycles. The maximum Gasteiger partial charge on any atom is 0.170 e. The molecule has 21 heavy (non-hydrogen) atoms. The third kappa shape index (κ3) is 3.38. The molecule has 114 valence electrons. The number of nitrogens with two attached hydrogens (primary N) is 1. The van der Waals surface area contributed by atoms with Gasteiger partial charge in [-0.15, -0.1) is 0 Å². The van der Waals surface area contributed by atoms with E-state index in [0.717, 1.165) is 23.9 Å². The highest BCUT2D eigenvalue weighted by Gasteiger charge is 2.30.